The van der Waals surface area contributed by atoms with Crippen molar-refractivity contribution in [2.75, 3.05) is 13.2 Å². The zero-order valence-electron chi connectivity index (χ0n) is 26.6. The highest BCUT2D eigenvalue weighted by Gasteiger charge is 2.71. The minimum atomic E-state index is -1.25. The van der Waals surface area contributed by atoms with Gasteiger partial charge >= 0.3 is 0 Å². The lowest BCUT2D eigenvalue weighted by molar-refractivity contribution is -0.311. The van der Waals surface area contributed by atoms with Crippen LogP contribution in [0.5, 0.6) is 0 Å². The molecule has 1 heterocycles. The van der Waals surface area contributed by atoms with Gasteiger partial charge in [-0.1, -0.05) is 46.8 Å². The van der Waals surface area contributed by atoms with Gasteiger partial charge in [0.2, 0.25) is 0 Å². The molecule has 4 N–H and O–H groups in total. The summed E-state index contributed by atoms with van der Waals surface area (Å²) in [5.41, 5.74) is 2.04. The lowest BCUT2D eigenvalue weighted by atomic mass is 9.32. The van der Waals surface area contributed by atoms with Gasteiger partial charge in [0, 0.05) is 6.61 Å². The quantitative estimate of drug-likeness (QED) is 0.263. The number of aliphatic hydroxyl groups excluding tert-OH is 4. The maximum atomic E-state index is 10.8. The van der Waals surface area contributed by atoms with Gasteiger partial charge in [-0.2, -0.15) is 0 Å². The van der Waals surface area contributed by atoms with Gasteiger partial charge in [-0.25, -0.2) is 0 Å². The van der Waals surface area contributed by atoms with Crippen LogP contribution in [0.2, 0.25) is 0 Å². The SMILES string of the molecule is C=C(C)[C@@H]1CC[C@]2(CO)CC[C@]3(C)[C@H](CC[C@@H]4[C@@]5(C)CC[C@H](O[C@@H]6OC[C@@H](O)[C@H](O)[C@H]6O)C(C)(C)[C@@H]5CC[C@]43C)[C@@H]12. The zero-order chi connectivity index (χ0) is 29.8. The standard InChI is InChI=1S/C35H58O6/c1-20(2)21-10-15-35(19-36)17-16-33(6)22(27(21)35)8-9-25-32(5)13-12-26(31(3,4)24(32)11-14-34(25,33)7)41-30-29(39)28(38)23(37)18-40-30/h21-30,36-39H,1,8-19H2,2-7H3/t21-,22+,23+,24-,25+,26-,27+,28-,29+,30-,32-,33+,34+,35+/m0/s1. The molecule has 0 aromatic rings. The van der Waals surface area contributed by atoms with Crippen molar-refractivity contribution in [2.24, 2.45) is 56.7 Å². The molecule has 6 rings (SSSR count). The summed E-state index contributed by atoms with van der Waals surface area (Å²) in [4.78, 5) is 0. The van der Waals surface area contributed by atoms with Gasteiger partial charge < -0.3 is 29.9 Å². The van der Waals surface area contributed by atoms with E-state index in [4.69, 9.17) is 9.47 Å². The van der Waals surface area contributed by atoms with Crippen molar-refractivity contribution in [3.63, 3.8) is 0 Å². The number of fused-ring (bicyclic) bond motifs is 7. The van der Waals surface area contributed by atoms with Crippen molar-refractivity contribution in [1.82, 2.24) is 0 Å². The van der Waals surface area contributed by atoms with Crippen molar-refractivity contribution in [1.29, 1.82) is 0 Å². The highest BCUT2D eigenvalue weighted by Crippen LogP contribution is 2.77. The predicted molar refractivity (Wildman–Crippen MR) is 159 cm³/mol. The normalized spacial score (nSPS) is 56.2. The van der Waals surface area contributed by atoms with Gasteiger partial charge in [0.25, 0.3) is 0 Å². The summed E-state index contributed by atoms with van der Waals surface area (Å²) in [7, 11) is 0. The number of hydrogen-bond acceptors (Lipinski definition) is 6. The number of hydrogen-bond donors (Lipinski definition) is 4. The van der Waals surface area contributed by atoms with E-state index >= 15 is 0 Å². The average molecular weight is 575 g/mol. The first-order chi connectivity index (χ1) is 19.2. The Kier molecular flexibility index (Phi) is 7.45. The molecule has 0 aromatic heterocycles. The Morgan fingerprint density at radius 3 is 2.24 bits per heavy atom. The number of rotatable bonds is 4. The third kappa shape index (κ3) is 4.09. The summed E-state index contributed by atoms with van der Waals surface area (Å²) < 4.78 is 12.1. The molecule has 1 saturated heterocycles. The first kappa shape index (κ1) is 30.5. The topological polar surface area (TPSA) is 99.4 Å². The van der Waals surface area contributed by atoms with Gasteiger partial charge in [-0.3, -0.25) is 0 Å². The number of allylic oxidation sites excluding steroid dienone is 1. The Bertz CT molecular complexity index is 1030. The van der Waals surface area contributed by atoms with Crippen LogP contribution in [0.1, 0.15) is 106 Å². The fourth-order valence-electron chi connectivity index (χ4n) is 12.8. The van der Waals surface area contributed by atoms with Crippen LogP contribution in [0, 0.1) is 56.7 Å². The molecule has 14 atom stereocenters. The minimum Gasteiger partial charge on any atom is -0.396 e. The molecule has 0 bridgehead atoms. The van der Waals surface area contributed by atoms with Crippen LogP contribution >= 0.6 is 0 Å². The monoisotopic (exact) mass is 574 g/mol. The van der Waals surface area contributed by atoms with Gasteiger partial charge in [-0.05, 0) is 128 Å². The first-order valence-corrected chi connectivity index (χ1v) is 16.7. The Balaban J connectivity index is 1.27. The van der Waals surface area contributed by atoms with E-state index in [1.54, 1.807) is 0 Å². The fraction of sp³-hybridized carbons (Fsp3) is 0.943. The third-order valence-corrected chi connectivity index (χ3v) is 15.2. The molecular formula is C35H58O6. The zero-order valence-corrected chi connectivity index (χ0v) is 26.6. The second-order valence-electron chi connectivity index (χ2n) is 16.9. The number of aliphatic hydroxyl groups is 4. The molecule has 0 aromatic carbocycles. The molecule has 0 spiro atoms. The van der Waals surface area contributed by atoms with Crippen molar-refractivity contribution < 1.29 is 29.9 Å². The lowest BCUT2D eigenvalue weighted by Crippen LogP contribution is -2.67. The van der Waals surface area contributed by atoms with Crippen LogP contribution in [-0.2, 0) is 9.47 Å². The van der Waals surface area contributed by atoms with E-state index in [0.717, 1.165) is 25.7 Å². The fourth-order valence-corrected chi connectivity index (χ4v) is 12.8. The van der Waals surface area contributed by atoms with Crippen LogP contribution in [0.4, 0.5) is 0 Å². The van der Waals surface area contributed by atoms with Crippen LogP contribution in [0.3, 0.4) is 0 Å². The highest BCUT2D eigenvalue weighted by atomic mass is 16.7. The predicted octanol–water partition coefficient (Wildman–Crippen LogP) is 5.46. The smallest absolute Gasteiger partial charge is 0.186 e. The molecule has 6 nitrogen and oxygen atoms in total. The second kappa shape index (κ2) is 10.0. The van der Waals surface area contributed by atoms with E-state index < -0.39 is 24.6 Å². The van der Waals surface area contributed by atoms with Gasteiger partial charge in [0.1, 0.15) is 18.3 Å². The van der Waals surface area contributed by atoms with Crippen LogP contribution in [-0.4, -0.2) is 64.3 Å². The molecule has 6 heteroatoms. The van der Waals surface area contributed by atoms with Crippen molar-refractivity contribution >= 4 is 0 Å². The van der Waals surface area contributed by atoms with Gasteiger partial charge in [-0.15, -0.1) is 0 Å². The van der Waals surface area contributed by atoms with Gasteiger partial charge in [0.15, 0.2) is 6.29 Å². The largest absolute Gasteiger partial charge is 0.396 e. The molecule has 0 amide bonds. The lowest BCUT2D eigenvalue weighted by Gasteiger charge is -2.73. The molecule has 0 radical (unpaired) electrons. The summed E-state index contributed by atoms with van der Waals surface area (Å²) >= 11 is 0. The Labute approximate surface area is 248 Å². The second-order valence-corrected chi connectivity index (χ2v) is 16.9. The maximum Gasteiger partial charge on any atom is 0.186 e. The summed E-state index contributed by atoms with van der Waals surface area (Å²) in [5.74, 6) is 2.90. The molecule has 6 fully saturated rings. The summed E-state index contributed by atoms with van der Waals surface area (Å²) in [6.45, 7) is 19.6. The first-order valence-electron chi connectivity index (χ1n) is 16.7. The summed E-state index contributed by atoms with van der Waals surface area (Å²) in [5, 5.41) is 41.5. The molecular weight excluding hydrogens is 516 g/mol. The van der Waals surface area contributed by atoms with E-state index in [9.17, 15) is 20.4 Å². The molecule has 6 aliphatic rings. The summed E-state index contributed by atoms with van der Waals surface area (Å²) in [6.07, 6.45) is 7.09. The van der Waals surface area contributed by atoms with E-state index in [1.165, 1.54) is 44.1 Å². The molecule has 5 aliphatic carbocycles. The van der Waals surface area contributed by atoms with Crippen LogP contribution < -0.4 is 0 Å². The molecule has 1 aliphatic heterocycles. The molecule has 41 heavy (non-hydrogen) atoms. The molecule has 5 saturated carbocycles. The van der Waals surface area contributed by atoms with E-state index in [2.05, 4.69) is 48.1 Å². The summed E-state index contributed by atoms with van der Waals surface area (Å²) in [6, 6.07) is 0. The Hall–Kier alpha value is -0.500. The maximum absolute atomic E-state index is 10.8. The van der Waals surface area contributed by atoms with Crippen molar-refractivity contribution in [3.05, 3.63) is 12.2 Å². The molecule has 234 valence electrons. The van der Waals surface area contributed by atoms with E-state index in [-0.39, 0.29) is 39.8 Å². The van der Waals surface area contributed by atoms with Crippen molar-refractivity contribution in [2.45, 2.75) is 136 Å². The van der Waals surface area contributed by atoms with E-state index in [0.29, 0.717) is 36.2 Å². The highest BCUT2D eigenvalue weighted by molar-refractivity contribution is 5.21. The average Bonchev–Trinajstić information content (AvgIpc) is 3.31. The van der Waals surface area contributed by atoms with Crippen LogP contribution in [0.25, 0.3) is 0 Å². The number of ether oxygens (including phenoxy) is 2. The Morgan fingerprint density at radius 2 is 1.56 bits per heavy atom. The third-order valence-electron chi connectivity index (χ3n) is 15.2. The van der Waals surface area contributed by atoms with Crippen LogP contribution in [0.15, 0.2) is 12.2 Å². The molecule has 0 unspecified atom stereocenters. The Morgan fingerprint density at radius 1 is 0.829 bits per heavy atom. The van der Waals surface area contributed by atoms with Gasteiger partial charge in [0.05, 0.1) is 12.7 Å². The van der Waals surface area contributed by atoms with Crippen molar-refractivity contribution in [3.8, 4) is 0 Å². The van der Waals surface area contributed by atoms with E-state index in [1.807, 2.05) is 0 Å². The minimum absolute atomic E-state index is 0.0256.